The molecule has 0 aromatic carbocycles. The van der Waals surface area contributed by atoms with Gasteiger partial charge < -0.3 is 0 Å². The fraction of sp³-hybridized carbons (Fsp3) is 0.385. The van der Waals surface area contributed by atoms with Gasteiger partial charge in [0.15, 0.2) is 5.78 Å². The Hall–Kier alpha value is -1.42. The van der Waals surface area contributed by atoms with Crippen LogP contribution in [0, 0.1) is 0 Å². The molecule has 4 heteroatoms. The number of carbonyl (C=O) groups is 1. The number of ketones is 1. The molecular weight excluding hydrogens is 232 g/mol. The Morgan fingerprint density at radius 3 is 3.06 bits per heavy atom. The molecule has 0 aliphatic heterocycles. The maximum Gasteiger partial charge on any atom is 0.166 e. The van der Waals surface area contributed by atoms with Gasteiger partial charge in [0.05, 0.1) is 11.8 Å². The van der Waals surface area contributed by atoms with Crippen LogP contribution < -0.4 is 0 Å². The quantitative estimate of drug-likeness (QED) is 0.736. The van der Waals surface area contributed by atoms with E-state index in [9.17, 15) is 4.79 Å². The number of aromatic nitrogens is 2. The lowest BCUT2D eigenvalue weighted by atomic mass is 10.1. The number of thiophene rings is 1. The van der Waals surface area contributed by atoms with Gasteiger partial charge in [-0.1, -0.05) is 6.07 Å². The standard InChI is InChI=1S/C13H16N2OS/c1-2-15-10-11(9-14-15)13(16)7-3-5-12-6-4-8-17-12/h4,6,8-10H,2-3,5,7H2,1H3. The topological polar surface area (TPSA) is 34.9 Å². The summed E-state index contributed by atoms with van der Waals surface area (Å²) < 4.78 is 1.78. The van der Waals surface area contributed by atoms with Gasteiger partial charge in [-0.3, -0.25) is 9.48 Å². The molecule has 17 heavy (non-hydrogen) atoms. The molecule has 0 bridgehead atoms. The summed E-state index contributed by atoms with van der Waals surface area (Å²) in [6.07, 6.45) is 6.00. The number of hydrogen-bond acceptors (Lipinski definition) is 3. The Kier molecular flexibility index (Phi) is 4.09. The minimum Gasteiger partial charge on any atom is -0.294 e. The van der Waals surface area contributed by atoms with Crippen molar-refractivity contribution >= 4 is 17.1 Å². The second-order valence-electron chi connectivity index (χ2n) is 3.94. The first-order valence-corrected chi connectivity index (χ1v) is 6.75. The highest BCUT2D eigenvalue weighted by atomic mass is 32.1. The highest BCUT2D eigenvalue weighted by Crippen LogP contribution is 2.13. The van der Waals surface area contributed by atoms with Crippen molar-refractivity contribution in [2.45, 2.75) is 32.7 Å². The summed E-state index contributed by atoms with van der Waals surface area (Å²) in [6, 6.07) is 4.16. The number of nitrogens with zero attached hydrogens (tertiary/aromatic N) is 2. The second kappa shape index (κ2) is 5.77. The minimum atomic E-state index is 0.196. The molecule has 0 unspecified atom stereocenters. The summed E-state index contributed by atoms with van der Waals surface area (Å²) in [6.45, 7) is 2.82. The van der Waals surface area contributed by atoms with Gasteiger partial charge in [-0.2, -0.15) is 5.10 Å². The largest absolute Gasteiger partial charge is 0.294 e. The van der Waals surface area contributed by atoms with E-state index in [1.54, 1.807) is 22.2 Å². The Morgan fingerprint density at radius 2 is 2.41 bits per heavy atom. The molecule has 2 rings (SSSR count). The molecule has 0 saturated heterocycles. The van der Waals surface area contributed by atoms with Crippen molar-refractivity contribution in [2.75, 3.05) is 0 Å². The minimum absolute atomic E-state index is 0.196. The fourth-order valence-electron chi connectivity index (χ4n) is 1.70. The molecule has 0 aliphatic rings. The summed E-state index contributed by atoms with van der Waals surface area (Å²) in [5.74, 6) is 0.196. The normalized spacial score (nSPS) is 10.6. The molecule has 2 aromatic rings. The molecule has 0 atom stereocenters. The Labute approximate surface area is 105 Å². The van der Waals surface area contributed by atoms with Gasteiger partial charge in [0.1, 0.15) is 0 Å². The summed E-state index contributed by atoms with van der Waals surface area (Å²) in [5, 5.41) is 6.18. The number of rotatable bonds is 6. The number of Topliss-reactive ketones (excluding diaryl/α,β-unsaturated/α-hetero) is 1. The van der Waals surface area contributed by atoms with E-state index in [1.165, 1.54) is 4.88 Å². The second-order valence-corrected chi connectivity index (χ2v) is 4.97. The van der Waals surface area contributed by atoms with Gasteiger partial charge in [-0.25, -0.2) is 0 Å². The van der Waals surface area contributed by atoms with E-state index in [0.29, 0.717) is 6.42 Å². The lowest BCUT2D eigenvalue weighted by Crippen LogP contribution is -1.98. The van der Waals surface area contributed by atoms with Crippen molar-refractivity contribution in [3.8, 4) is 0 Å². The average molecular weight is 248 g/mol. The SMILES string of the molecule is CCn1cc(C(=O)CCCc2cccs2)cn1. The van der Waals surface area contributed by atoms with Crippen LogP contribution >= 0.6 is 11.3 Å². The van der Waals surface area contributed by atoms with Crippen LogP contribution in [0.1, 0.15) is 35.0 Å². The Morgan fingerprint density at radius 1 is 1.53 bits per heavy atom. The van der Waals surface area contributed by atoms with Crippen LogP contribution in [0.5, 0.6) is 0 Å². The van der Waals surface area contributed by atoms with E-state index in [2.05, 4.69) is 16.5 Å². The summed E-state index contributed by atoms with van der Waals surface area (Å²) in [4.78, 5) is 13.2. The lowest BCUT2D eigenvalue weighted by Gasteiger charge is -1.97. The van der Waals surface area contributed by atoms with Crippen molar-refractivity contribution in [3.63, 3.8) is 0 Å². The van der Waals surface area contributed by atoms with Crippen LogP contribution in [0.4, 0.5) is 0 Å². The van der Waals surface area contributed by atoms with Crippen molar-refractivity contribution in [1.82, 2.24) is 9.78 Å². The van der Waals surface area contributed by atoms with Gasteiger partial charge >= 0.3 is 0 Å². The van der Waals surface area contributed by atoms with Gasteiger partial charge in [0.25, 0.3) is 0 Å². The van der Waals surface area contributed by atoms with Crippen LogP contribution in [0.2, 0.25) is 0 Å². The molecule has 0 N–H and O–H groups in total. The van der Waals surface area contributed by atoms with Crippen molar-refractivity contribution in [1.29, 1.82) is 0 Å². The first-order valence-electron chi connectivity index (χ1n) is 5.87. The molecule has 2 heterocycles. The zero-order valence-electron chi connectivity index (χ0n) is 9.93. The van der Waals surface area contributed by atoms with Gasteiger partial charge in [-0.05, 0) is 31.2 Å². The smallest absolute Gasteiger partial charge is 0.166 e. The van der Waals surface area contributed by atoms with E-state index in [-0.39, 0.29) is 5.78 Å². The molecule has 0 spiro atoms. The average Bonchev–Trinajstić information content (AvgIpc) is 2.99. The number of carbonyl (C=O) groups excluding carboxylic acids is 1. The monoisotopic (exact) mass is 248 g/mol. The number of hydrogen-bond donors (Lipinski definition) is 0. The fourth-order valence-corrected chi connectivity index (χ4v) is 2.45. The van der Waals surface area contributed by atoms with Crippen molar-refractivity contribution < 1.29 is 4.79 Å². The summed E-state index contributed by atoms with van der Waals surface area (Å²) >= 11 is 1.75. The van der Waals surface area contributed by atoms with E-state index in [0.717, 1.165) is 24.9 Å². The lowest BCUT2D eigenvalue weighted by molar-refractivity contribution is 0.0980. The third-order valence-corrected chi connectivity index (χ3v) is 3.62. The molecule has 2 aromatic heterocycles. The summed E-state index contributed by atoms with van der Waals surface area (Å²) in [5.41, 5.74) is 0.734. The van der Waals surface area contributed by atoms with Gasteiger partial charge in [0, 0.05) is 24.0 Å². The van der Waals surface area contributed by atoms with Gasteiger partial charge in [0.2, 0.25) is 0 Å². The molecule has 0 aliphatic carbocycles. The van der Waals surface area contributed by atoms with Crippen molar-refractivity contribution in [2.24, 2.45) is 0 Å². The third-order valence-electron chi connectivity index (χ3n) is 2.69. The Bertz CT molecular complexity index is 473. The van der Waals surface area contributed by atoms with Crippen LogP contribution in [0.3, 0.4) is 0 Å². The summed E-state index contributed by atoms with van der Waals surface area (Å²) in [7, 11) is 0. The van der Waals surface area contributed by atoms with Gasteiger partial charge in [-0.15, -0.1) is 11.3 Å². The number of aryl methyl sites for hydroxylation is 2. The zero-order chi connectivity index (χ0) is 12.1. The maximum atomic E-state index is 11.9. The maximum absolute atomic E-state index is 11.9. The molecule has 0 fully saturated rings. The highest BCUT2D eigenvalue weighted by Gasteiger charge is 2.08. The Balaban J connectivity index is 1.81. The molecular formula is C13H16N2OS. The molecule has 90 valence electrons. The van der Waals surface area contributed by atoms with Crippen LogP contribution in [0.15, 0.2) is 29.9 Å². The first kappa shape index (κ1) is 12.0. The predicted octanol–water partition coefficient (Wildman–Crippen LogP) is 3.17. The highest BCUT2D eigenvalue weighted by molar-refractivity contribution is 7.09. The molecule has 0 amide bonds. The molecule has 3 nitrogen and oxygen atoms in total. The first-order chi connectivity index (χ1) is 8.29. The third kappa shape index (κ3) is 3.27. The van der Waals surface area contributed by atoms with E-state index < -0.39 is 0 Å². The van der Waals surface area contributed by atoms with E-state index >= 15 is 0 Å². The zero-order valence-corrected chi connectivity index (χ0v) is 10.7. The van der Waals surface area contributed by atoms with Crippen LogP contribution in [-0.4, -0.2) is 15.6 Å². The van der Waals surface area contributed by atoms with Crippen molar-refractivity contribution in [3.05, 3.63) is 40.3 Å². The van der Waals surface area contributed by atoms with E-state index in [4.69, 9.17) is 0 Å². The predicted molar refractivity (Wildman–Crippen MR) is 69.5 cm³/mol. The molecule has 0 radical (unpaired) electrons. The van der Waals surface area contributed by atoms with Crippen LogP contribution in [-0.2, 0) is 13.0 Å². The van der Waals surface area contributed by atoms with E-state index in [1.807, 2.05) is 19.2 Å². The molecule has 0 saturated carbocycles. The van der Waals surface area contributed by atoms with Crippen LogP contribution in [0.25, 0.3) is 0 Å².